The van der Waals surface area contributed by atoms with E-state index in [-0.39, 0.29) is 17.4 Å². The van der Waals surface area contributed by atoms with E-state index in [1.807, 2.05) is 6.92 Å². The predicted molar refractivity (Wildman–Crippen MR) is 102 cm³/mol. The van der Waals surface area contributed by atoms with Crippen molar-refractivity contribution in [3.8, 4) is 0 Å². The van der Waals surface area contributed by atoms with Crippen LogP contribution in [-0.4, -0.2) is 30.0 Å². The summed E-state index contributed by atoms with van der Waals surface area (Å²) in [6.07, 6.45) is 1.19. The van der Waals surface area contributed by atoms with E-state index in [0.717, 1.165) is 18.2 Å². The molecule has 0 atom stereocenters. The molecule has 0 spiro atoms. The molecule has 0 aliphatic heterocycles. The van der Waals surface area contributed by atoms with Gasteiger partial charge in [-0.2, -0.15) is 0 Å². The second kappa shape index (κ2) is 10.5. The molecule has 0 saturated heterocycles. The van der Waals surface area contributed by atoms with Gasteiger partial charge in [0, 0.05) is 22.6 Å². The van der Waals surface area contributed by atoms with Crippen LogP contribution in [0.25, 0.3) is 0 Å². The summed E-state index contributed by atoms with van der Waals surface area (Å²) in [6.45, 7) is 1.52. The van der Waals surface area contributed by atoms with Gasteiger partial charge < -0.3 is 10.1 Å². The molecular weight excluding hydrogens is 369 g/mol. The van der Waals surface area contributed by atoms with Crippen LogP contribution in [-0.2, 0) is 14.3 Å². The number of amides is 1. The van der Waals surface area contributed by atoms with Gasteiger partial charge in [0.1, 0.15) is 5.82 Å². The van der Waals surface area contributed by atoms with Crippen molar-refractivity contribution in [2.24, 2.45) is 0 Å². The third kappa shape index (κ3) is 6.86. The molecule has 2 aromatic rings. The van der Waals surface area contributed by atoms with Crippen LogP contribution >= 0.6 is 11.8 Å². The number of anilines is 1. The number of halogens is 1. The number of hydrogen-bond donors (Lipinski definition) is 1. The van der Waals surface area contributed by atoms with Crippen molar-refractivity contribution >= 4 is 35.1 Å². The van der Waals surface area contributed by atoms with Gasteiger partial charge in [-0.3, -0.25) is 14.4 Å². The zero-order valence-electron chi connectivity index (χ0n) is 14.9. The first-order chi connectivity index (χ1) is 13.0. The number of carbonyl (C=O) groups excluding carboxylic acids is 3. The van der Waals surface area contributed by atoms with Crippen LogP contribution in [0.2, 0.25) is 0 Å². The van der Waals surface area contributed by atoms with Crippen molar-refractivity contribution < 1.29 is 23.5 Å². The molecule has 7 heteroatoms. The van der Waals surface area contributed by atoms with Crippen LogP contribution in [0.4, 0.5) is 10.1 Å². The first-order valence-corrected chi connectivity index (χ1v) is 9.44. The van der Waals surface area contributed by atoms with Crippen molar-refractivity contribution in [1.82, 2.24) is 0 Å². The average Bonchev–Trinajstić information content (AvgIpc) is 2.66. The summed E-state index contributed by atoms with van der Waals surface area (Å²) in [5.74, 6) is -1.53. The Balaban J connectivity index is 1.78. The van der Waals surface area contributed by atoms with Crippen LogP contribution in [0.3, 0.4) is 0 Å². The summed E-state index contributed by atoms with van der Waals surface area (Å²) in [4.78, 5) is 35.7. The van der Waals surface area contributed by atoms with Gasteiger partial charge in [0.15, 0.2) is 12.4 Å². The monoisotopic (exact) mass is 389 g/mol. The van der Waals surface area contributed by atoms with Gasteiger partial charge in [0.2, 0.25) is 5.91 Å². The lowest BCUT2D eigenvalue weighted by Crippen LogP contribution is -2.16. The van der Waals surface area contributed by atoms with Crippen LogP contribution in [0.5, 0.6) is 0 Å². The molecule has 2 rings (SSSR count). The maximum atomic E-state index is 13.5. The molecular formula is C20H20FNO4S. The quantitative estimate of drug-likeness (QED) is 0.397. The number of ether oxygens (including phenoxy) is 1. The Morgan fingerprint density at radius 3 is 2.44 bits per heavy atom. The highest BCUT2D eigenvalue weighted by Crippen LogP contribution is 2.21. The standard InChI is InChI=1S/C20H20FNO4S/c1-2-5-19(24)22-15-10-8-14(9-11-15)17(23)12-26-20(25)13-27-18-7-4-3-6-16(18)21/h3-4,6-11H,2,5,12-13H2,1H3,(H,22,24). The summed E-state index contributed by atoms with van der Waals surface area (Å²) < 4.78 is 18.4. The molecule has 27 heavy (non-hydrogen) atoms. The lowest BCUT2D eigenvalue weighted by Gasteiger charge is -2.07. The van der Waals surface area contributed by atoms with Crippen LogP contribution in [0, 0.1) is 5.82 Å². The molecule has 5 nitrogen and oxygen atoms in total. The molecule has 0 heterocycles. The fourth-order valence-corrected chi connectivity index (χ4v) is 2.90. The Morgan fingerprint density at radius 1 is 1.07 bits per heavy atom. The van der Waals surface area contributed by atoms with E-state index in [2.05, 4.69) is 5.32 Å². The summed E-state index contributed by atoms with van der Waals surface area (Å²) in [5, 5.41) is 2.73. The minimum Gasteiger partial charge on any atom is -0.457 e. The fourth-order valence-electron chi connectivity index (χ4n) is 2.16. The number of carbonyl (C=O) groups is 3. The van der Waals surface area contributed by atoms with E-state index in [4.69, 9.17) is 4.74 Å². The first kappa shape index (κ1) is 20.6. The van der Waals surface area contributed by atoms with Crippen LogP contribution in [0.1, 0.15) is 30.1 Å². The highest BCUT2D eigenvalue weighted by Gasteiger charge is 2.12. The van der Waals surface area contributed by atoms with Gasteiger partial charge in [0.25, 0.3) is 0 Å². The van der Waals surface area contributed by atoms with Gasteiger partial charge in [-0.25, -0.2) is 4.39 Å². The number of thioether (sulfide) groups is 1. The molecule has 0 aliphatic carbocycles. The number of rotatable bonds is 9. The Hall–Kier alpha value is -2.67. The minimum absolute atomic E-state index is 0.0853. The largest absolute Gasteiger partial charge is 0.457 e. The van der Waals surface area contributed by atoms with E-state index < -0.39 is 18.4 Å². The molecule has 1 N–H and O–H groups in total. The fraction of sp³-hybridized carbons (Fsp3) is 0.250. The summed E-state index contributed by atoms with van der Waals surface area (Å²) in [6, 6.07) is 12.5. The molecule has 0 bridgehead atoms. The smallest absolute Gasteiger partial charge is 0.316 e. The van der Waals surface area contributed by atoms with Crippen molar-refractivity contribution in [2.45, 2.75) is 24.7 Å². The lowest BCUT2D eigenvalue weighted by atomic mass is 10.1. The SMILES string of the molecule is CCCC(=O)Nc1ccc(C(=O)COC(=O)CSc2ccccc2F)cc1. The summed E-state index contributed by atoms with van der Waals surface area (Å²) >= 11 is 1.01. The number of ketones is 1. The van der Waals surface area contributed by atoms with Crippen molar-refractivity contribution in [3.05, 3.63) is 59.9 Å². The molecule has 0 fully saturated rings. The van der Waals surface area contributed by atoms with Gasteiger partial charge >= 0.3 is 5.97 Å². The van der Waals surface area contributed by atoms with E-state index >= 15 is 0 Å². The molecule has 0 saturated carbocycles. The van der Waals surface area contributed by atoms with E-state index in [0.29, 0.717) is 22.6 Å². The Morgan fingerprint density at radius 2 is 1.78 bits per heavy atom. The maximum absolute atomic E-state index is 13.5. The zero-order valence-corrected chi connectivity index (χ0v) is 15.7. The van der Waals surface area contributed by atoms with E-state index in [9.17, 15) is 18.8 Å². The molecule has 0 aromatic heterocycles. The van der Waals surface area contributed by atoms with Crippen molar-refractivity contribution in [1.29, 1.82) is 0 Å². The van der Waals surface area contributed by atoms with Crippen LogP contribution in [0.15, 0.2) is 53.4 Å². The molecule has 0 radical (unpaired) electrons. The third-order valence-corrected chi connectivity index (χ3v) is 4.54. The molecule has 142 valence electrons. The van der Waals surface area contributed by atoms with Crippen LogP contribution < -0.4 is 5.32 Å². The lowest BCUT2D eigenvalue weighted by molar-refractivity contribution is -0.139. The molecule has 0 aliphatic rings. The zero-order chi connectivity index (χ0) is 19.6. The second-order valence-electron chi connectivity index (χ2n) is 5.68. The van der Waals surface area contributed by atoms with E-state index in [1.54, 1.807) is 42.5 Å². The third-order valence-electron chi connectivity index (χ3n) is 3.51. The minimum atomic E-state index is -0.597. The summed E-state index contributed by atoms with van der Waals surface area (Å²) in [7, 11) is 0. The van der Waals surface area contributed by atoms with Gasteiger partial charge in [0.05, 0.1) is 5.75 Å². The number of benzene rings is 2. The number of nitrogens with one attached hydrogen (secondary N) is 1. The van der Waals surface area contributed by atoms with Crippen molar-refractivity contribution in [2.75, 3.05) is 17.7 Å². The Labute approximate surface area is 161 Å². The maximum Gasteiger partial charge on any atom is 0.316 e. The van der Waals surface area contributed by atoms with Gasteiger partial charge in [-0.15, -0.1) is 11.8 Å². The highest BCUT2D eigenvalue weighted by atomic mass is 32.2. The normalized spacial score (nSPS) is 10.3. The summed E-state index contributed by atoms with van der Waals surface area (Å²) in [5.41, 5.74) is 0.973. The molecule has 0 unspecified atom stereocenters. The second-order valence-corrected chi connectivity index (χ2v) is 6.70. The average molecular weight is 389 g/mol. The Kier molecular flexibility index (Phi) is 8.00. The molecule has 2 aromatic carbocycles. The van der Waals surface area contributed by atoms with Gasteiger partial charge in [-0.05, 0) is 42.8 Å². The number of Topliss-reactive ketones (excluding diaryl/α,β-unsaturated/α-hetero) is 1. The topological polar surface area (TPSA) is 72.5 Å². The predicted octanol–water partition coefficient (Wildman–Crippen LogP) is 4.08. The number of esters is 1. The van der Waals surface area contributed by atoms with Gasteiger partial charge in [-0.1, -0.05) is 19.1 Å². The number of hydrogen-bond acceptors (Lipinski definition) is 5. The highest BCUT2D eigenvalue weighted by molar-refractivity contribution is 8.00. The first-order valence-electron chi connectivity index (χ1n) is 8.45. The van der Waals surface area contributed by atoms with E-state index in [1.165, 1.54) is 6.07 Å². The van der Waals surface area contributed by atoms with Crippen molar-refractivity contribution in [3.63, 3.8) is 0 Å². The molecule has 1 amide bonds. The Bertz CT molecular complexity index is 808.